The van der Waals surface area contributed by atoms with Crippen molar-refractivity contribution in [2.75, 3.05) is 13.1 Å². The number of nitrogens with zero attached hydrogens (tertiary/aromatic N) is 1. The maximum absolute atomic E-state index is 11.0. The molecular weight excluding hydrogens is 144 g/mol. The highest BCUT2D eigenvalue weighted by atomic mass is 16.2. The van der Waals surface area contributed by atoms with Crippen LogP contribution in [0.3, 0.4) is 0 Å². The monoisotopic (exact) mass is 156 g/mol. The molecule has 1 rings (SSSR count). The average molecular weight is 156 g/mol. The fourth-order valence-electron chi connectivity index (χ4n) is 1.19. The van der Waals surface area contributed by atoms with Gasteiger partial charge in [0, 0.05) is 25.9 Å². The highest BCUT2D eigenvalue weighted by molar-refractivity contribution is 5.79. The number of amides is 2. The zero-order valence-corrected chi connectivity index (χ0v) is 6.38. The van der Waals surface area contributed by atoms with Crippen LogP contribution in [-0.2, 0) is 9.59 Å². The van der Waals surface area contributed by atoms with Gasteiger partial charge in [-0.05, 0) is 6.42 Å². The molecule has 11 heavy (non-hydrogen) atoms. The number of hydrogen-bond donors (Lipinski definition) is 1. The SMILES string of the molecule is NC(=O)CCN1CCCC1=O. The van der Waals surface area contributed by atoms with Gasteiger partial charge < -0.3 is 10.6 Å². The number of hydrogen-bond acceptors (Lipinski definition) is 2. The van der Waals surface area contributed by atoms with E-state index < -0.39 is 0 Å². The first kappa shape index (κ1) is 8.04. The normalized spacial score (nSPS) is 17.5. The number of carbonyl (C=O) groups is 2. The fraction of sp³-hybridized carbons (Fsp3) is 0.714. The van der Waals surface area contributed by atoms with Crippen molar-refractivity contribution in [3.8, 4) is 0 Å². The lowest BCUT2D eigenvalue weighted by atomic mass is 10.4. The minimum Gasteiger partial charge on any atom is -0.370 e. The molecule has 2 amide bonds. The molecule has 0 aromatic rings. The van der Waals surface area contributed by atoms with Crippen LogP contribution in [0.15, 0.2) is 0 Å². The van der Waals surface area contributed by atoms with Gasteiger partial charge in [-0.3, -0.25) is 9.59 Å². The summed E-state index contributed by atoms with van der Waals surface area (Å²) >= 11 is 0. The van der Waals surface area contributed by atoms with Crippen molar-refractivity contribution >= 4 is 11.8 Å². The number of carbonyl (C=O) groups excluding carboxylic acids is 2. The smallest absolute Gasteiger partial charge is 0.222 e. The Morgan fingerprint density at radius 3 is 2.82 bits per heavy atom. The third kappa shape index (κ3) is 2.22. The summed E-state index contributed by atoms with van der Waals surface area (Å²) in [6.07, 6.45) is 1.82. The number of likely N-dealkylation sites (tertiary alicyclic amines) is 1. The van der Waals surface area contributed by atoms with Crippen LogP contribution in [0.4, 0.5) is 0 Å². The quantitative estimate of drug-likeness (QED) is 0.597. The molecular formula is C7H12N2O2. The highest BCUT2D eigenvalue weighted by Crippen LogP contribution is 2.09. The summed E-state index contributed by atoms with van der Waals surface area (Å²) in [5.74, 6) is -0.198. The van der Waals surface area contributed by atoms with Crippen LogP contribution in [0.2, 0.25) is 0 Å². The van der Waals surface area contributed by atoms with Crippen LogP contribution in [-0.4, -0.2) is 29.8 Å². The molecule has 4 heteroatoms. The zero-order valence-electron chi connectivity index (χ0n) is 6.38. The number of nitrogens with two attached hydrogens (primary N) is 1. The standard InChI is InChI=1S/C7H12N2O2/c8-6(10)3-5-9-4-1-2-7(9)11/h1-5H2,(H2,8,10). The molecule has 2 N–H and O–H groups in total. The minimum absolute atomic E-state index is 0.145. The van der Waals surface area contributed by atoms with Gasteiger partial charge in [0.25, 0.3) is 0 Å². The first-order chi connectivity index (χ1) is 5.20. The Labute approximate surface area is 65.3 Å². The molecule has 0 saturated carbocycles. The van der Waals surface area contributed by atoms with Crippen molar-refractivity contribution in [2.45, 2.75) is 19.3 Å². The third-order valence-electron chi connectivity index (χ3n) is 1.80. The van der Waals surface area contributed by atoms with Gasteiger partial charge in [0.2, 0.25) is 11.8 Å². The second-order valence-corrected chi connectivity index (χ2v) is 2.70. The van der Waals surface area contributed by atoms with Crippen molar-refractivity contribution < 1.29 is 9.59 Å². The van der Waals surface area contributed by atoms with E-state index in [4.69, 9.17) is 5.73 Å². The number of rotatable bonds is 3. The summed E-state index contributed by atoms with van der Waals surface area (Å²) in [5.41, 5.74) is 4.94. The second-order valence-electron chi connectivity index (χ2n) is 2.70. The molecule has 0 atom stereocenters. The molecule has 0 aromatic carbocycles. The van der Waals surface area contributed by atoms with E-state index >= 15 is 0 Å². The van der Waals surface area contributed by atoms with E-state index in [0.29, 0.717) is 13.0 Å². The molecule has 0 aromatic heterocycles. The summed E-state index contributed by atoms with van der Waals surface area (Å²) in [6.45, 7) is 1.28. The molecule has 4 nitrogen and oxygen atoms in total. The molecule has 0 aliphatic carbocycles. The Morgan fingerprint density at radius 1 is 1.64 bits per heavy atom. The van der Waals surface area contributed by atoms with E-state index in [2.05, 4.69) is 0 Å². The largest absolute Gasteiger partial charge is 0.370 e. The predicted octanol–water partition coefficient (Wildman–Crippen LogP) is -0.516. The maximum Gasteiger partial charge on any atom is 0.222 e. The van der Waals surface area contributed by atoms with E-state index in [-0.39, 0.29) is 18.2 Å². The summed E-state index contributed by atoms with van der Waals surface area (Å²) in [4.78, 5) is 23.0. The molecule has 0 bridgehead atoms. The van der Waals surface area contributed by atoms with Gasteiger partial charge in [0.05, 0.1) is 0 Å². The van der Waals surface area contributed by atoms with Gasteiger partial charge in [-0.15, -0.1) is 0 Å². The van der Waals surface area contributed by atoms with Crippen molar-refractivity contribution in [3.05, 3.63) is 0 Å². The summed E-state index contributed by atoms with van der Waals surface area (Å²) < 4.78 is 0. The molecule has 0 spiro atoms. The van der Waals surface area contributed by atoms with Crippen LogP contribution in [0.5, 0.6) is 0 Å². The molecule has 1 saturated heterocycles. The van der Waals surface area contributed by atoms with Gasteiger partial charge in [-0.25, -0.2) is 0 Å². The Bertz CT molecular complexity index is 179. The number of primary amides is 1. The topological polar surface area (TPSA) is 63.4 Å². The van der Waals surface area contributed by atoms with Gasteiger partial charge in [-0.2, -0.15) is 0 Å². The molecule has 0 unspecified atom stereocenters. The van der Waals surface area contributed by atoms with Crippen LogP contribution in [0.25, 0.3) is 0 Å². The first-order valence-corrected chi connectivity index (χ1v) is 3.76. The summed E-state index contributed by atoms with van der Waals surface area (Å²) in [6, 6.07) is 0. The Kier molecular flexibility index (Phi) is 2.46. The Morgan fingerprint density at radius 2 is 2.36 bits per heavy atom. The van der Waals surface area contributed by atoms with Gasteiger partial charge in [0.1, 0.15) is 0 Å². The Balaban J connectivity index is 2.26. The van der Waals surface area contributed by atoms with Gasteiger partial charge in [-0.1, -0.05) is 0 Å². The van der Waals surface area contributed by atoms with Gasteiger partial charge >= 0.3 is 0 Å². The van der Waals surface area contributed by atoms with Crippen LogP contribution in [0.1, 0.15) is 19.3 Å². The fourth-order valence-corrected chi connectivity index (χ4v) is 1.19. The first-order valence-electron chi connectivity index (χ1n) is 3.76. The Hall–Kier alpha value is -1.06. The highest BCUT2D eigenvalue weighted by Gasteiger charge is 2.19. The molecule has 1 fully saturated rings. The molecule has 62 valence electrons. The minimum atomic E-state index is -0.343. The summed E-state index contributed by atoms with van der Waals surface area (Å²) in [5, 5.41) is 0. The van der Waals surface area contributed by atoms with E-state index in [1.165, 1.54) is 0 Å². The van der Waals surface area contributed by atoms with E-state index in [0.717, 1.165) is 13.0 Å². The lowest BCUT2D eigenvalue weighted by Crippen LogP contribution is -2.28. The second kappa shape index (κ2) is 3.37. The van der Waals surface area contributed by atoms with Crippen molar-refractivity contribution in [3.63, 3.8) is 0 Å². The van der Waals surface area contributed by atoms with Crippen LogP contribution >= 0.6 is 0 Å². The van der Waals surface area contributed by atoms with E-state index in [1.54, 1.807) is 4.90 Å². The predicted molar refractivity (Wildman–Crippen MR) is 39.6 cm³/mol. The molecule has 0 radical (unpaired) electrons. The van der Waals surface area contributed by atoms with Gasteiger partial charge in [0.15, 0.2) is 0 Å². The lowest BCUT2D eigenvalue weighted by molar-refractivity contribution is -0.128. The molecule has 1 heterocycles. The van der Waals surface area contributed by atoms with Crippen molar-refractivity contribution in [2.24, 2.45) is 5.73 Å². The van der Waals surface area contributed by atoms with Crippen LogP contribution < -0.4 is 5.73 Å². The van der Waals surface area contributed by atoms with Crippen molar-refractivity contribution in [1.29, 1.82) is 0 Å². The zero-order chi connectivity index (χ0) is 8.27. The molecule has 1 aliphatic rings. The average Bonchev–Trinajstić information content (AvgIpc) is 2.31. The van der Waals surface area contributed by atoms with E-state index in [1.807, 2.05) is 0 Å². The maximum atomic E-state index is 11.0. The third-order valence-corrected chi connectivity index (χ3v) is 1.80. The van der Waals surface area contributed by atoms with Crippen molar-refractivity contribution in [1.82, 2.24) is 4.90 Å². The lowest BCUT2D eigenvalue weighted by Gasteiger charge is -2.13. The molecule has 1 aliphatic heterocycles. The van der Waals surface area contributed by atoms with E-state index in [9.17, 15) is 9.59 Å². The van der Waals surface area contributed by atoms with Crippen LogP contribution in [0, 0.1) is 0 Å². The summed E-state index contributed by atoms with van der Waals surface area (Å²) in [7, 11) is 0.